The SMILES string of the molecule is Cc1c2c(c(C)c3ccccc13)-c1c3c(cc4ccc(C5CCCC5)cc4c3cc[n+]1C)S2. The lowest BCUT2D eigenvalue weighted by atomic mass is 9.89. The molecule has 0 atom stereocenters. The zero-order valence-electron chi connectivity index (χ0n) is 19.5. The van der Waals surface area contributed by atoms with Crippen molar-refractivity contribution in [2.24, 2.45) is 7.05 Å². The van der Waals surface area contributed by atoms with Crippen LogP contribution < -0.4 is 4.57 Å². The van der Waals surface area contributed by atoms with E-state index in [0.717, 1.165) is 5.92 Å². The van der Waals surface area contributed by atoms with Crippen LogP contribution in [-0.4, -0.2) is 0 Å². The van der Waals surface area contributed by atoms with E-state index in [0.29, 0.717) is 0 Å². The van der Waals surface area contributed by atoms with Gasteiger partial charge in [0.15, 0.2) is 6.20 Å². The molecule has 1 saturated carbocycles. The van der Waals surface area contributed by atoms with Crippen molar-refractivity contribution >= 4 is 44.1 Å². The van der Waals surface area contributed by atoms with Crippen molar-refractivity contribution in [3.8, 4) is 11.3 Å². The van der Waals surface area contributed by atoms with E-state index in [4.69, 9.17) is 0 Å². The Morgan fingerprint density at radius 3 is 2.36 bits per heavy atom. The Kier molecular flexibility index (Phi) is 4.21. The van der Waals surface area contributed by atoms with Gasteiger partial charge in [0.25, 0.3) is 0 Å². The first kappa shape index (κ1) is 19.6. The zero-order chi connectivity index (χ0) is 22.3. The summed E-state index contributed by atoms with van der Waals surface area (Å²) in [6.07, 6.45) is 7.71. The van der Waals surface area contributed by atoms with E-state index in [-0.39, 0.29) is 0 Å². The van der Waals surface area contributed by atoms with Crippen LogP contribution in [0.25, 0.3) is 43.6 Å². The highest BCUT2D eigenvalue weighted by Gasteiger charge is 2.31. The van der Waals surface area contributed by atoms with Crippen LogP contribution in [0.5, 0.6) is 0 Å². The van der Waals surface area contributed by atoms with Crippen molar-refractivity contribution in [3.05, 3.63) is 77.5 Å². The lowest BCUT2D eigenvalue weighted by molar-refractivity contribution is -0.659. The molecule has 2 heterocycles. The minimum absolute atomic E-state index is 0.739. The molecule has 4 aromatic carbocycles. The van der Waals surface area contributed by atoms with Gasteiger partial charge in [-0.15, -0.1) is 0 Å². The number of nitrogens with zero attached hydrogens (tertiary/aromatic N) is 1. The van der Waals surface area contributed by atoms with Crippen molar-refractivity contribution in [2.45, 2.75) is 55.2 Å². The van der Waals surface area contributed by atoms with E-state index >= 15 is 0 Å². The molecule has 0 saturated heterocycles. The Balaban J connectivity index is 1.60. The third-order valence-electron chi connectivity index (χ3n) is 8.18. The molecule has 0 amide bonds. The van der Waals surface area contributed by atoms with Crippen LogP contribution in [0.2, 0.25) is 0 Å². The van der Waals surface area contributed by atoms with Crippen LogP contribution >= 0.6 is 11.8 Å². The van der Waals surface area contributed by atoms with Crippen LogP contribution in [0.3, 0.4) is 0 Å². The summed E-state index contributed by atoms with van der Waals surface area (Å²) >= 11 is 1.97. The van der Waals surface area contributed by atoms with Gasteiger partial charge in [0, 0.05) is 21.2 Å². The van der Waals surface area contributed by atoms with Gasteiger partial charge in [0.2, 0.25) is 5.69 Å². The molecule has 33 heavy (non-hydrogen) atoms. The Morgan fingerprint density at radius 1 is 0.818 bits per heavy atom. The number of pyridine rings is 1. The summed E-state index contributed by atoms with van der Waals surface area (Å²) < 4.78 is 2.35. The molecule has 1 aliphatic carbocycles. The number of aromatic nitrogens is 1. The van der Waals surface area contributed by atoms with Gasteiger partial charge < -0.3 is 0 Å². The third kappa shape index (κ3) is 2.71. The number of benzene rings is 4. The molecule has 0 unspecified atom stereocenters. The highest BCUT2D eigenvalue weighted by Crippen LogP contribution is 2.52. The molecule has 1 nitrogen and oxygen atoms in total. The predicted molar refractivity (Wildman–Crippen MR) is 140 cm³/mol. The maximum Gasteiger partial charge on any atom is 0.222 e. The van der Waals surface area contributed by atoms with Crippen LogP contribution in [0.15, 0.2) is 70.6 Å². The minimum atomic E-state index is 0.739. The van der Waals surface area contributed by atoms with E-state index in [9.17, 15) is 0 Å². The Morgan fingerprint density at radius 2 is 1.58 bits per heavy atom. The average Bonchev–Trinajstić information content (AvgIpc) is 3.38. The summed E-state index contributed by atoms with van der Waals surface area (Å²) in [5.41, 5.74) is 7.12. The first-order valence-corrected chi connectivity index (χ1v) is 13.0. The predicted octanol–water partition coefficient (Wildman–Crippen LogP) is 8.38. The fourth-order valence-electron chi connectivity index (χ4n) is 6.44. The number of hydrogen-bond acceptors (Lipinski definition) is 1. The Bertz CT molecular complexity index is 1620. The first-order chi connectivity index (χ1) is 16.1. The first-order valence-electron chi connectivity index (χ1n) is 12.2. The van der Waals surface area contributed by atoms with Crippen molar-refractivity contribution < 1.29 is 4.57 Å². The molecule has 2 aliphatic rings. The Labute approximate surface area is 199 Å². The largest absolute Gasteiger partial charge is 0.222 e. The molecular weight excluding hydrogens is 418 g/mol. The topological polar surface area (TPSA) is 3.88 Å². The molecule has 5 aromatic rings. The summed E-state index contributed by atoms with van der Waals surface area (Å²) in [6.45, 7) is 4.61. The van der Waals surface area contributed by atoms with E-state index in [2.05, 4.69) is 86.3 Å². The maximum absolute atomic E-state index is 2.51. The van der Waals surface area contributed by atoms with E-state index in [1.165, 1.54) is 95.7 Å². The third-order valence-corrected chi connectivity index (χ3v) is 9.43. The minimum Gasteiger partial charge on any atom is -0.200 e. The van der Waals surface area contributed by atoms with Gasteiger partial charge in [0.1, 0.15) is 7.05 Å². The van der Waals surface area contributed by atoms with Crippen molar-refractivity contribution in [2.75, 3.05) is 0 Å². The number of fused-ring (bicyclic) bond motifs is 5. The standard InChI is InChI=1S/C31H28NS/c1-18-23-10-6-7-11-24(23)19(2)31-28(18)30-29-25(14-15-32(30)3)26-16-21(20-8-4-5-9-20)12-13-22(26)17-27(29)33-31/h6-7,10-17,20H,4-5,8-9H2,1-3H3/q+1. The number of aryl methyl sites for hydroxylation is 3. The highest BCUT2D eigenvalue weighted by atomic mass is 32.2. The number of hydrogen-bond donors (Lipinski definition) is 0. The van der Waals surface area contributed by atoms with Gasteiger partial charge in [-0.1, -0.05) is 67.1 Å². The van der Waals surface area contributed by atoms with Gasteiger partial charge in [0.05, 0.1) is 10.9 Å². The molecule has 2 heteroatoms. The van der Waals surface area contributed by atoms with Gasteiger partial charge in [-0.25, -0.2) is 4.57 Å². The summed E-state index contributed by atoms with van der Waals surface area (Å²) in [4.78, 5) is 2.81. The summed E-state index contributed by atoms with van der Waals surface area (Å²) in [7, 11) is 2.21. The molecule has 7 rings (SSSR count). The maximum atomic E-state index is 2.51. The second-order valence-electron chi connectivity index (χ2n) is 10.0. The molecule has 1 aliphatic heterocycles. The van der Waals surface area contributed by atoms with Crippen LogP contribution in [0, 0.1) is 13.8 Å². The van der Waals surface area contributed by atoms with Gasteiger partial charge >= 0.3 is 0 Å². The average molecular weight is 447 g/mol. The molecule has 0 bridgehead atoms. The Hall–Kier alpha value is -2.84. The second kappa shape index (κ2) is 7.08. The monoisotopic (exact) mass is 446 g/mol. The van der Waals surface area contributed by atoms with E-state index in [1.807, 2.05) is 11.8 Å². The highest BCUT2D eigenvalue weighted by molar-refractivity contribution is 8.00. The molecule has 0 spiro atoms. The fourth-order valence-corrected chi connectivity index (χ4v) is 7.77. The fraction of sp³-hybridized carbons (Fsp3) is 0.258. The molecule has 0 radical (unpaired) electrons. The van der Waals surface area contributed by atoms with Crippen LogP contribution in [0.4, 0.5) is 0 Å². The van der Waals surface area contributed by atoms with Crippen LogP contribution in [0.1, 0.15) is 48.3 Å². The quantitative estimate of drug-likeness (QED) is 0.181. The lowest BCUT2D eigenvalue weighted by Gasteiger charge is -2.24. The second-order valence-corrected chi connectivity index (χ2v) is 11.1. The van der Waals surface area contributed by atoms with Crippen molar-refractivity contribution in [1.82, 2.24) is 0 Å². The van der Waals surface area contributed by atoms with Crippen LogP contribution in [-0.2, 0) is 7.05 Å². The normalized spacial score (nSPS) is 15.6. The molecular formula is C31H28NS+. The summed E-state index contributed by atoms with van der Waals surface area (Å²) in [6, 6.07) is 21.0. The summed E-state index contributed by atoms with van der Waals surface area (Å²) in [5.74, 6) is 0.739. The van der Waals surface area contributed by atoms with Crippen molar-refractivity contribution in [1.29, 1.82) is 0 Å². The molecule has 1 aromatic heterocycles. The lowest BCUT2D eigenvalue weighted by Crippen LogP contribution is -2.31. The van der Waals surface area contributed by atoms with Gasteiger partial charge in [-0.05, 0) is 76.9 Å². The smallest absolute Gasteiger partial charge is 0.200 e. The zero-order valence-corrected chi connectivity index (χ0v) is 20.4. The van der Waals surface area contributed by atoms with E-state index in [1.54, 1.807) is 0 Å². The molecule has 0 N–H and O–H groups in total. The molecule has 162 valence electrons. The van der Waals surface area contributed by atoms with Gasteiger partial charge in [-0.3, -0.25) is 0 Å². The van der Waals surface area contributed by atoms with Gasteiger partial charge in [-0.2, -0.15) is 0 Å². The van der Waals surface area contributed by atoms with Crippen molar-refractivity contribution in [3.63, 3.8) is 0 Å². The molecule has 1 fully saturated rings. The van der Waals surface area contributed by atoms with E-state index < -0.39 is 0 Å². The number of rotatable bonds is 1. The summed E-state index contributed by atoms with van der Waals surface area (Å²) in [5, 5.41) is 8.36.